The van der Waals surface area contributed by atoms with E-state index in [4.69, 9.17) is 0 Å². The van der Waals surface area contributed by atoms with Gasteiger partial charge in [-0.05, 0) is 48.7 Å². The summed E-state index contributed by atoms with van der Waals surface area (Å²) in [6.07, 6.45) is 1.56. The van der Waals surface area contributed by atoms with Gasteiger partial charge in [-0.25, -0.2) is 0 Å². The maximum atomic E-state index is 12.4. The minimum absolute atomic E-state index is 0.134. The molecular weight excluding hydrogens is 288 g/mol. The van der Waals surface area contributed by atoms with Crippen molar-refractivity contribution < 1.29 is 9.59 Å². The number of amides is 2. The van der Waals surface area contributed by atoms with E-state index in [1.807, 2.05) is 54.3 Å². The maximum Gasteiger partial charge on any atom is 0.255 e. The molecule has 4 heteroatoms. The molecule has 1 saturated heterocycles. The molecule has 1 aliphatic heterocycles. The van der Waals surface area contributed by atoms with E-state index >= 15 is 0 Å². The van der Waals surface area contributed by atoms with Crippen molar-refractivity contribution in [3.8, 4) is 0 Å². The van der Waals surface area contributed by atoms with Crippen LogP contribution in [-0.2, 0) is 11.3 Å². The van der Waals surface area contributed by atoms with Crippen LogP contribution < -0.4 is 5.32 Å². The minimum atomic E-state index is -0.134. The summed E-state index contributed by atoms with van der Waals surface area (Å²) >= 11 is 0. The molecule has 1 aliphatic rings. The molecule has 2 aromatic rings. The first-order valence-corrected chi connectivity index (χ1v) is 7.86. The first-order valence-electron chi connectivity index (χ1n) is 7.86. The lowest BCUT2D eigenvalue weighted by atomic mass is 10.1. The summed E-state index contributed by atoms with van der Waals surface area (Å²) in [6, 6.07) is 15.2. The lowest BCUT2D eigenvalue weighted by Gasteiger charge is -2.16. The molecule has 23 heavy (non-hydrogen) atoms. The average molecular weight is 308 g/mol. The summed E-state index contributed by atoms with van der Waals surface area (Å²) in [6.45, 7) is 3.37. The quantitative estimate of drug-likeness (QED) is 0.941. The molecule has 4 nitrogen and oxygen atoms in total. The monoisotopic (exact) mass is 308 g/mol. The average Bonchev–Trinajstić information content (AvgIpc) is 2.93. The zero-order chi connectivity index (χ0) is 16.2. The largest absolute Gasteiger partial charge is 0.338 e. The number of anilines is 1. The Balaban J connectivity index is 1.71. The molecule has 2 aromatic carbocycles. The number of hydrogen-bond donors (Lipinski definition) is 1. The summed E-state index contributed by atoms with van der Waals surface area (Å²) in [5.41, 5.74) is 3.48. The molecule has 0 unspecified atom stereocenters. The van der Waals surface area contributed by atoms with Crippen LogP contribution >= 0.6 is 0 Å². The second-order valence-corrected chi connectivity index (χ2v) is 5.94. The Kier molecular flexibility index (Phi) is 4.42. The normalized spacial score (nSPS) is 14.1. The fourth-order valence-corrected chi connectivity index (χ4v) is 2.83. The van der Waals surface area contributed by atoms with Crippen molar-refractivity contribution in [1.29, 1.82) is 0 Å². The number of rotatable bonds is 4. The van der Waals surface area contributed by atoms with Crippen molar-refractivity contribution in [3.05, 3.63) is 65.2 Å². The van der Waals surface area contributed by atoms with Crippen molar-refractivity contribution >= 4 is 17.5 Å². The van der Waals surface area contributed by atoms with Gasteiger partial charge in [0.15, 0.2) is 0 Å². The van der Waals surface area contributed by atoms with Gasteiger partial charge in [-0.3, -0.25) is 9.59 Å². The van der Waals surface area contributed by atoms with Crippen LogP contribution in [0.1, 0.15) is 34.3 Å². The van der Waals surface area contributed by atoms with Gasteiger partial charge in [0.2, 0.25) is 5.91 Å². The highest BCUT2D eigenvalue weighted by Gasteiger charge is 2.20. The molecule has 3 rings (SSSR count). The Morgan fingerprint density at radius 3 is 2.74 bits per heavy atom. The van der Waals surface area contributed by atoms with Gasteiger partial charge in [-0.1, -0.05) is 24.3 Å². The second kappa shape index (κ2) is 6.65. The molecule has 0 radical (unpaired) electrons. The van der Waals surface area contributed by atoms with Crippen LogP contribution in [0.3, 0.4) is 0 Å². The fraction of sp³-hybridized carbons (Fsp3) is 0.263. The van der Waals surface area contributed by atoms with Gasteiger partial charge in [0.05, 0.1) is 0 Å². The second-order valence-electron chi connectivity index (χ2n) is 5.94. The highest BCUT2D eigenvalue weighted by atomic mass is 16.2. The van der Waals surface area contributed by atoms with Gasteiger partial charge >= 0.3 is 0 Å². The number of carbonyl (C=O) groups excluding carboxylic acids is 2. The van der Waals surface area contributed by atoms with Crippen LogP contribution in [0, 0.1) is 6.92 Å². The van der Waals surface area contributed by atoms with E-state index in [1.54, 1.807) is 6.07 Å². The molecule has 2 amide bonds. The van der Waals surface area contributed by atoms with E-state index in [2.05, 4.69) is 5.32 Å². The van der Waals surface area contributed by atoms with Crippen molar-refractivity contribution in [2.75, 3.05) is 11.9 Å². The molecule has 118 valence electrons. The summed E-state index contributed by atoms with van der Waals surface area (Å²) < 4.78 is 0. The molecule has 1 fully saturated rings. The highest BCUT2D eigenvalue weighted by molar-refractivity contribution is 6.04. The molecule has 0 aliphatic carbocycles. The van der Waals surface area contributed by atoms with Crippen LogP contribution in [0.25, 0.3) is 0 Å². The Hall–Kier alpha value is -2.62. The Morgan fingerprint density at radius 2 is 2.00 bits per heavy atom. The smallest absolute Gasteiger partial charge is 0.255 e. The third kappa shape index (κ3) is 3.77. The van der Waals surface area contributed by atoms with E-state index in [0.717, 1.165) is 29.8 Å². The highest BCUT2D eigenvalue weighted by Crippen LogP contribution is 2.16. The van der Waals surface area contributed by atoms with Gasteiger partial charge in [0, 0.05) is 30.8 Å². The number of likely N-dealkylation sites (tertiary alicyclic amines) is 1. The number of carbonyl (C=O) groups is 2. The predicted octanol–water partition coefficient (Wildman–Crippen LogP) is 3.37. The van der Waals surface area contributed by atoms with Crippen molar-refractivity contribution in [2.45, 2.75) is 26.3 Å². The van der Waals surface area contributed by atoms with E-state index in [1.165, 1.54) is 0 Å². The Labute approximate surface area is 136 Å². The van der Waals surface area contributed by atoms with Gasteiger partial charge in [-0.15, -0.1) is 0 Å². The number of benzene rings is 2. The van der Waals surface area contributed by atoms with E-state index in [0.29, 0.717) is 18.5 Å². The van der Waals surface area contributed by atoms with Crippen LogP contribution in [0.5, 0.6) is 0 Å². The van der Waals surface area contributed by atoms with Crippen LogP contribution in [0.4, 0.5) is 5.69 Å². The van der Waals surface area contributed by atoms with Gasteiger partial charge in [-0.2, -0.15) is 0 Å². The predicted molar refractivity (Wildman–Crippen MR) is 90.2 cm³/mol. The summed E-state index contributed by atoms with van der Waals surface area (Å²) in [5.74, 6) is 0.0600. The zero-order valence-corrected chi connectivity index (χ0v) is 13.2. The molecule has 0 atom stereocenters. The zero-order valence-electron chi connectivity index (χ0n) is 13.2. The SMILES string of the molecule is Cc1cccc(NC(=O)c2cccc(CN3CCCC3=O)c2)c1. The fourth-order valence-electron chi connectivity index (χ4n) is 2.83. The number of hydrogen-bond acceptors (Lipinski definition) is 2. The van der Waals surface area contributed by atoms with Crippen LogP contribution in [-0.4, -0.2) is 23.3 Å². The van der Waals surface area contributed by atoms with Gasteiger partial charge < -0.3 is 10.2 Å². The van der Waals surface area contributed by atoms with Crippen molar-refractivity contribution in [1.82, 2.24) is 4.90 Å². The first-order chi connectivity index (χ1) is 11.1. The Bertz CT molecular complexity index is 740. The third-order valence-electron chi connectivity index (χ3n) is 4.01. The van der Waals surface area contributed by atoms with E-state index in [9.17, 15) is 9.59 Å². The summed E-state index contributed by atoms with van der Waals surface area (Å²) in [7, 11) is 0. The molecule has 1 heterocycles. The number of nitrogens with one attached hydrogen (secondary N) is 1. The topological polar surface area (TPSA) is 49.4 Å². The lowest BCUT2D eigenvalue weighted by molar-refractivity contribution is -0.128. The van der Waals surface area contributed by atoms with Gasteiger partial charge in [0.25, 0.3) is 5.91 Å². The number of nitrogens with zero attached hydrogens (tertiary/aromatic N) is 1. The van der Waals surface area contributed by atoms with E-state index < -0.39 is 0 Å². The number of aryl methyl sites for hydroxylation is 1. The third-order valence-corrected chi connectivity index (χ3v) is 4.01. The molecule has 0 spiro atoms. The molecule has 0 bridgehead atoms. The summed E-state index contributed by atoms with van der Waals surface area (Å²) in [5, 5.41) is 2.91. The first kappa shape index (κ1) is 15.3. The lowest BCUT2D eigenvalue weighted by Crippen LogP contribution is -2.24. The maximum absolute atomic E-state index is 12.4. The minimum Gasteiger partial charge on any atom is -0.338 e. The van der Waals surface area contributed by atoms with Gasteiger partial charge in [0.1, 0.15) is 0 Å². The molecule has 0 aromatic heterocycles. The molecular formula is C19H20N2O2. The summed E-state index contributed by atoms with van der Waals surface area (Å²) in [4.78, 5) is 25.9. The van der Waals surface area contributed by atoms with E-state index in [-0.39, 0.29) is 11.8 Å². The molecule has 1 N–H and O–H groups in total. The van der Waals surface area contributed by atoms with Crippen molar-refractivity contribution in [2.24, 2.45) is 0 Å². The van der Waals surface area contributed by atoms with Crippen LogP contribution in [0.15, 0.2) is 48.5 Å². The van der Waals surface area contributed by atoms with Crippen molar-refractivity contribution in [3.63, 3.8) is 0 Å². The molecule has 0 saturated carbocycles. The standard InChI is InChI=1S/C19H20N2O2/c1-14-5-2-8-17(11-14)20-19(23)16-7-3-6-15(12-16)13-21-10-4-9-18(21)22/h2-3,5-8,11-12H,4,9-10,13H2,1H3,(H,20,23). The Morgan fingerprint density at radius 1 is 1.17 bits per heavy atom. The van der Waals surface area contributed by atoms with Crippen LogP contribution in [0.2, 0.25) is 0 Å².